The monoisotopic (exact) mass is 637 g/mol. The summed E-state index contributed by atoms with van der Waals surface area (Å²) < 4.78 is 2.41. The Balaban J connectivity index is 1.21. The highest BCUT2D eigenvalue weighted by atomic mass is 15.2. The molecular formula is C47H31N3. The number of rotatable bonds is 6. The molecule has 50 heavy (non-hydrogen) atoms. The van der Waals surface area contributed by atoms with E-state index in [2.05, 4.69) is 185 Å². The van der Waals surface area contributed by atoms with Crippen LogP contribution >= 0.6 is 0 Å². The van der Waals surface area contributed by atoms with Gasteiger partial charge in [-0.25, -0.2) is 4.98 Å². The van der Waals surface area contributed by atoms with E-state index >= 15 is 0 Å². The summed E-state index contributed by atoms with van der Waals surface area (Å²) in [6.45, 7) is 0. The summed E-state index contributed by atoms with van der Waals surface area (Å²) in [5.41, 5.74) is 8.18. The lowest BCUT2D eigenvalue weighted by Crippen LogP contribution is -2.12. The Morgan fingerprint density at radius 1 is 0.480 bits per heavy atom. The van der Waals surface area contributed by atoms with Crippen LogP contribution in [0, 0.1) is 0 Å². The lowest BCUT2D eigenvalue weighted by molar-refractivity contribution is 1.18. The van der Waals surface area contributed by atoms with Crippen molar-refractivity contribution in [2.24, 2.45) is 0 Å². The van der Waals surface area contributed by atoms with E-state index in [1.165, 1.54) is 65.4 Å². The van der Waals surface area contributed by atoms with Gasteiger partial charge in [-0.1, -0.05) is 127 Å². The quantitative estimate of drug-likeness (QED) is 0.103. The molecule has 0 aliphatic heterocycles. The summed E-state index contributed by atoms with van der Waals surface area (Å²) in [4.78, 5) is 7.13. The van der Waals surface area contributed by atoms with Crippen LogP contribution in [0.1, 0.15) is 11.1 Å². The fraction of sp³-hybridized carbons (Fsp3) is 0. The van der Waals surface area contributed by atoms with Crippen molar-refractivity contribution in [2.45, 2.75) is 0 Å². The standard InChI is InChI=1S/C47H31N3/c1-3-15-35(16-4-1)49-42-23-13-14-33-26-27-34-30-32(31-43(49)46(34)45(33)42)25-28-39-37-19-7-9-21-40(37)47(41-22-10-8-20-38(39)41)50(36-17-5-2-6-18-36)44-24-11-12-29-48-44/h1-31H/b28-25+. The predicted octanol–water partition coefficient (Wildman–Crippen LogP) is 12.7. The summed E-state index contributed by atoms with van der Waals surface area (Å²) >= 11 is 0. The number of pyridine rings is 1. The van der Waals surface area contributed by atoms with Crippen molar-refractivity contribution in [1.82, 2.24) is 9.55 Å². The van der Waals surface area contributed by atoms with Crippen LogP contribution in [0.4, 0.5) is 17.2 Å². The largest absolute Gasteiger partial charge is 0.309 e. The molecule has 0 bridgehead atoms. The maximum absolute atomic E-state index is 4.84. The van der Waals surface area contributed by atoms with E-state index in [4.69, 9.17) is 4.98 Å². The van der Waals surface area contributed by atoms with Gasteiger partial charge in [-0.05, 0) is 87.3 Å². The number of para-hydroxylation sites is 2. The van der Waals surface area contributed by atoms with Gasteiger partial charge in [0.1, 0.15) is 5.82 Å². The Morgan fingerprint density at radius 3 is 1.84 bits per heavy atom. The van der Waals surface area contributed by atoms with Crippen molar-refractivity contribution in [3.8, 4) is 5.69 Å². The molecule has 2 heterocycles. The highest BCUT2D eigenvalue weighted by molar-refractivity contribution is 6.25. The first-order chi connectivity index (χ1) is 24.8. The molecule has 0 unspecified atom stereocenters. The Morgan fingerprint density at radius 2 is 1.12 bits per heavy atom. The maximum atomic E-state index is 4.84. The molecule has 10 rings (SSSR count). The average molecular weight is 638 g/mol. The van der Waals surface area contributed by atoms with Crippen LogP contribution < -0.4 is 4.90 Å². The zero-order valence-electron chi connectivity index (χ0n) is 27.2. The zero-order chi connectivity index (χ0) is 33.0. The van der Waals surface area contributed by atoms with Crippen molar-refractivity contribution < 1.29 is 0 Å². The van der Waals surface area contributed by atoms with Gasteiger partial charge < -0.3 is 4.57 Å². The van der Waals surface area contributed by atoms with Crippen LogP contribution in [-0.4, -0.2) is 9.55 Å². The molecule has 0 N–H and O–H groups in total. The maximum Gasteiger partial charge on any atom is 0.137 e. The normalized spacial score (nSPS) is 11.9. The predicted molar refractivity (Wildman–Crippen MR) is 212 cm³/mol. The van der Waals surface area contributed by atoms with E-state index in [9.17, 15) is 0 Å². The molecule has 0 fully saturated rings. The molecule has 0 saturated carbocycles. The number of fused-ring (bicyclic) bond motifs is 2. The minimum atomic E-state index is 0.879. The summed E-state index contributed by atoms with van der Waals surface area (Å²) in [7, 11) is 0. The molecule has 0 atom stereocenters. The Bertz CT molecular complexity index is 2760. The second kappa shape index (κ2) is 11.5. The fourth-order valence-corrected chi connectivity index (χ4v) is 7.85. The van der Waals surface area contributed by atoms with E-state index in [1.54, 1.807) is 0 Å². The molecule has 10 aromatic rings. The molecule has 0 spiro atoms. The van der Waals surface area contributed by atoms with Crippen molar-refractivity contribution >= 4 is 83.5 Å². The van der Waals surface area contributed by atoms with Gasteiger partial charge in [0, 0.05) is 39.1 Å². The molecular weight excluding hydrogens is 607 g/mol. The average Bonchev–Trinajstić information content (AvgIpc) is 3.53. The van der Waals surface area contributed by atoms with Crippen LogP contribution in [0.5, 0.6) is 0 Å². The summed E-state index contributed by atoms with van der Waals surface area (Å²) in [5, 5.41) is 9.89. The van der Waals surface area contributed by atoms with Gasteiger partial charge in [-0.15, -0.1) is 0 Å². The summed E-state index contributed by atoms with van der Waals surface area (Å²) in [5.74, 6) is 0.879. The first kappa shape index (κ1) is 28.3. The second-order valence-electron chi connectivity index (χ2n) is 12.8. The zero-order valence-corrected chi connectivity index (χ0v) is 27.2. The molecule has 0 radical (unpaired) electrons. The first-order valence-corrected chi connectivity index (χ1v) is 17.1. The molecule has 0 amide bonds. The van der Waals surface area contributed by atoms with E-state index in [1.807, 2.05) is 12.3 Å². The number of aromatic nitrogens is 2. The van der Waals surface area contributed by atoms with E-state index in [0.717, 1.165) is 22.8 Å². The minimum absolute atomic E-state index is 0.879. The number of hydrogen-bond donors (Lipinski definition) is 0. The van der Waals surface area contributed by atoms with Crippen LogP contribution in [0.25, 0.3) is 72.0 Å². The molecule has 2 aromatic heterocycles. The molecule has 0 aliphatic carbocycles. The van der Waals surface area contributed by atoms with Gasteiger partial charge in [-0.2, -0.15) is 0 Å². The topological polar surface area (TPSA) is 21.1 Å². The van der Waals surface area contributed by atoms with Crippen molar-refractivity contribution in [3.63, 3.8) is 0 Å². The van der Waals surface area contributed by atoms with Gasteiger partial charge in [0.25, 0.3) is 0 Å². The third-order valence-corrected chi connectivity index (χ3v) is 9.94. The van der Waals surface area contributed by atoms with Crippen LogP contribution in [0.2, 0.25) is 0 Å². The Labute approximate surface area is 289 Å². The first-order valence-electron chi connectivity index (χ1n) is 17.1. The van der Waals surface area contributed by atoms with Crippen molar-refractivity contribution in [3.05, 3.63) is 187 Å². The smallest absolute Gasteiger partial charge is 0.137 e. The summed E-state index contributed by atoms with van der Waals surface area (Å²) in [6.07, 6.45) is 6.46. The summed E-state index contributed by atoms with van der Waals surface area (Å²) in [6, 6.07) is 60.7. The fourth-order valence-electron chi connectivity index (χ4n) is 7.85. The lowest BCUT2D eigenvalue weighted by Gasteiger charge is -2.28. The lowest BCUT2D eigenvalue weighted by atomic mass is 9.93. The van der Waals surface area contributed by atoms with Crippen LogP contribution in [0.15, 0.2) is 176 Å². The molecule has 0 saturated heterocycles. The number of benzene rings is 8. The number of hydrogen-bond acceptors (Lipinski definition) is 2. The van der Waals surface area contributed by atoms with E-state index in [-0.39, 0.29) is 0 Å². The van der Waals surface area contributed by atoms with E-state index in [0.29, 0.717) is 0 Å². The molecule has 3 nitrogen and oxygen atoms in total. The molecule has 8 aromatic carbocycles. The Kier molecular flexibility index (Phi) is 6.49. The molecule has 234 valence electrons. The Hall–Kier alpha value is -6.71. The third kappa shape index (κ3) is 4.41. The third-order valence-electron chi connectivity index (χ3n) is 9.94. The van der Waals surface area contributed by atoms with Gasteiger partial charge in [0.15, 0.2) is 0 Å². The van der Waals surface area contributed by atoms with Crippen LogP contribution in [0.3, 0.4) is 0 Å². The van der Waals surface area contributed by atoms with E-state index < -0.39 is 0 Å². The van der Waals surface area contributed by atoms with Gasteiger partial charge in [0.05, 0.1) is 16.7 Å². The highest BCUT2D eigenvalue weighted by Gasteiger charge is 2.22. The SMILES string of the molecule is C(=C\c1c2ccccc2c(N(c2ccccc2)c2ccccn2)c2ccccc12)/c1cc2ccc3cccc4c3c2c(c1)n4-c1ccccc1. The molecule has 3 heteroatoms. The van der Waals surface area contributed by atoms with Gasteiger partial charge in [-0.3, -0.25) is 4.90 Å². The van der Waals surface area contributed by atoms with Crippen molar-refractivity contribution in [2.75, 3.05) is 4.90 Å². The number of nitrogens with zero attached hydrogens (tertiary/aromatic N) is 3. The second-order valence-corrected chi connectivity index (χ2v) is 12.8. The van der Waals surface area contributed by atoms with Gasteiger partial charge in [0.2, 0.25) is 0 Å². The minimum Gasteiger partial charge on any atom is -0.309 e. The number of anilines is 3. The molecule has 0 aliphatic rings. The van der Waals surface area contributed by atoms with Crippen molar-refractivity contribution in [1.29, 1.82) is 0 Å². The van der Waals surface area contributed by atoms with Crippen LogP contribution in [-0.2, 0) is 0 Å². The highest BCUT2D eigenvalue weighted by Crippen LogP contribution is 2.45. The van der Waals surface area contributed by atoms with Gasteiger partial charge >= 0.3 is 0 Å².